The molecule has 0 spiro atoms. The van der Waals surface area contributed by atoms with Gasteiger partial charge in [-0.2, -0.15) is 0 Å². The average Bonchev–Trinajstić information content (AvgIpc) is 2.78. The van der Waals surface area contributed by atoms with Crippen LogP contribution in [-0.4, -0.2) is 35.0 Å². The molecule has 6 heteroatoms. The van der Waals surface area contributed by atoms with Crippen molar-refractivity contribution in [1.29, 1.82) is 0 Å². The standard InChI is InChI=1S/C15H16FNO3S/c1-9(2)7-17(8-14(18)19)15(20)13-6-10-5-11(16)3-4-12(10)21-13/h3-6,9H,7-8H2,1-2H3,(H,18,19). The third kappa shape index (κ3) is 3.78. The molecule has 0 bridgehead atoms. The van der Waals surface area contributed by atoms with E-state index in [-0.39, 0.29) is 24.2 Å². The summed E-state index contributed by atoms with van der Waals surface area (Å²) >= 11 is 1.25. The number of amides is 1. The van der Waals surface area contributed by atoms with Crippen molar-refractivity contribution in [3.05, 3.63) is 35.0 Å². The number of nitrogens with zero attached hydrogens (tertiary/aromatic N) is 1. The van der Waals surface area contributed by atoms with Crippen LogP contribution in [0.15, 0.2) is 24.3 Å². The summed E-state index contributed by atoms with van der Waals surface area (Å²) in [4.78, 5) is 25.1. The van der Waals surface area contributed by atoms with Crippen molar-refractivity contribution in [2.45, 2.75) is 13.8 Å². The van der Waals surface area contributed by atoms with Gasteiger partial charge in [0.05, 0.1) is 4.88 Å². The first-order valence-electron chi connectivity index (χ1n) is 6.57. The number of fused-ring (bicyclic) bond motifs is 1. The molecule has 1 N–H and O–H groups in total. The summed E-state index contributed by atoms with van der Waals surface area (Å²) in [5, 5.41) is 9.58. The van der Waals surface area contributed by atoms with Crippen LogP contribution in [0, 0.1) is 11.7 Å². The summed E-state index contributed by atoms with van der Waals surface area (Å²) in [6.45, 7) is 3.87. The van der Waals surface area contributed by atoms with Gasteiger partial charge in [-0.1, -0.05) is 13.8 Å². The number of halogens is 1. The van der Waals surface area contributed by atoms with E-state index >= 15 is 0 Å². The van der Waals surface area contributed by atoms with Gasteiger partial charge < -0.3 is 10.0 Å². The molecule has 0 aliphatic heterocycles. The van der Waals surface area contributed by atoms with E-state index in [1.54, 1.807) is 12.1 Å². The Labute approximate surface area is 125 Å². The Bertz CT molecular complexity index is 681. The molecule has 112 valence electrons. The predicted octanol–water partition coefficient (Wildman–Crippen LogP) is 3.22. The molecule has 0 aliphatic carbocycles. The van der Waals surface area contributed by atoms with Crippen LogP contribution >= 0.6 is 11.3 Å². The highest BCUT2D eigenvalue weighted by Gasteiger charge is 2.21. The summed E-state index contributed by atoms with van der Waals surface area (Å²) in [6.07, 6.45) is 0. The topological polar surface area (TPSA) is 57.6 Å². The minimum Gasteiger partial charge on any atom is -0.480 e. The van der Waals surface area contributed by atoms with Crippen LogP contribution < -0.4 is 0 Å². The fourth-order valence-electron chi connectivity index (χ4n) is 2.10. The highest BCUT2D eigenvalue weighted by atomic mass is 32.1. The van der Waals surface area contributed by atoms with Gasteiger partial charge in [-0.15, -0.1) is 11.3 Å². The molecule has 1 aromatic heterocycles. The highest BCUT2D eigenvalue weighted by molar-refractivity contribution is 7.20. The lowest BCUT2D eigenvalue weighted by Gasteiger charge is -2.21. The van der Waals surface area contributed by atoms with E-state index in [9.17, 15) is 14.0 Å². The molecule has 0 saturated heterocycles. The largest absolute Gasteiger partial charge is 0.480 e. The quantitative estimate of drug-likeness (QED) is 0.922. The van der Waals surface area contributed by atoms with Crippen LogP contribution in [0.3, 0.4) is 0 Å². The molecule has 21 heavy (non-hydrogen) atoms. The van der Waals surface area contributed by atoms with Gasteiger partial charge in [0.25, 0.3) is 5.91 Å². The molecule has 0 radical (unpaired) electrons. The number of rotatable bonds is 5. The first-order chi connectivity index (χ1) is 9.86. The Balaban J connectivity index is 2.30. The van der Waals surface area contributed by atoms with Gasteiger partial charge in [-0.25, -0.2) is 4.39 Å². The van der Waals surface area contributed by atoms with Crippen molar-refractivity contribution < 1.29 is 19.1 Å². The lowest BCUT2D eigenvalue weighted by molar-refractivity contribution is -0.137. The zero-order valence-electron chi connectivity index (χ0n) is 11.8. The molecule has 0 unspecified atom stereocenters. The number of carbonyl (C=O) groups excluding carboxylic acids is 1. The number of thiophene rings is 1. The Kier molecular flexibility index (Phi) is 4.57. The number of carboxylic acids is 1. The smallest absolute Gasteiger partial charge is 0.323 e. The van der Waals surface area contributed by atoms with Crippen LogP contribution in [-0.2, 0) is 4.79 Å². The minimum absolute atomic E-state index is 0.167. The van der Waals surface area contributed by atoms with Gasteiger partial charge in [0.2, 0.25) is 0 Å². The monoisotopic (exact) mass is 309 g/mol. The van der Waals surface area contributed by atoms with Crippen molar-refractivity contribution >= 4 is 33.3 Å². The fraction of sp³-hybridized carbons (Fsp3) is 0.333. The molecular formula is C15H16FNO3S. The second kappa shape index (κ2) is 6.22. The van der Waals surface area contributed by atoms with Gasteiger partial charge in [0.1, 0.15) is 12.4 Å². The van der Waals surface area contributed by atoms with Gasteiger partial charge in [-0.05, 0) is 35.6 Å². The summed E-state index contributed by atoms with van der Waals surface area (Å²) < 4.78 is 14.0. The van der Waals surface area contributed by atoms with Gasteiger partial charge >= 0.3 is 5.97 Å². The van der Waals surface area contributed by atoms with E-state index in [4.69, 9.17) is 5.11 Å². The second-order valence-electron chi connectivity index (χ2n) is 5.27. The molecular weight excluding hydrogens is 293 g/mol. The van der Waals surface area contributed by atoms with Gasteiger partial charge in [-0.3, -0.25) is 9.59 Å². The van der Waals surface area contributed by atoms with Crippen molar-refractivity contribution in [2.24, 2.45) is 5.92 Å². The Morgan fingerprint density at radius 3 is 2.67 bits per heavy atom. The summed E-state index contributed by atoms with van der Waals surface area (Å²) in [5.41, 5.74) is 0. The van der Waals surface area contributed by atoms with Crippen LogP contribution in [0.2, 0.25) is 0 Å². The van der Waals surface area contributed by atoms with Gasteiger partial charge in [0, 0.05) is 11.2 Å². The number of hydrogen-bond acceptors (Lipinski definition) is 3. The van der Waals surface area contributed by atoms with E-state index in [1.807, 2.05) is 13.8 Å². The fourth-order valence-corrected chi connectivity index (χ4v) is 3.11. The number of hydrogen-bond donors (Lipinski definition) is 1. The molecule has 2 aromatic rings. The minimum atomic E-state index is -1.05. The van der Waals surface area contributed by atoms with Crippen molar-refractivity contribution in [3.8, 4) is 0 Å². The second-order valence-corrected chi connectivity index (χ2v) is 6.35. The van der Waals surface area contributed by atoms with E-state index in [0.717, 1.165) is 4.70 Å². The highest BCUT2D eigenvalue weighted by Crippen LogP contribution is 2.27. The molecule has 1 aromatic carbocycles. The Hall–Kier alpha value is -1.95. The lowest BCUT2D eigenvalue weighted by atomic mass is 10.2. The van der Waals surface area contributed by atoms with Crippen molar-refractivity contribution in [2.75, 3.05) is 13.1 Å². The zero-order valence-corrected chi connectivity index (χ0v) is 12.6. The van der Waals surface area contributed by atoms with Crippen LogP contribution in [0.1, 0.15) is 23.5 Å². The summed E-state index contributed by atoms with van der Waals surface area (Å²) in [7, 11) is 0. The van der Waals surface area contributed by atoms with Crippen LogP contribution in [0.25, 0.3) is 10.1 Å². The Morgan fingerprint density at radius 1 is 1.33 bits per heavy atom. The van der Waals surface area contributed by atoms with Crippen molar-refractivity contribution in [3.63, 3.8) is 0 Å². The molecule has 0 atom stereocenters. The van der Waals surface area contributed by atoms with E-state index in [0.29, 0.717) is 16.8 Å². The summed E-state index contributed by atoms with van der Waals surface area (Å²) in [6, 6.07) is 5.94. The predicted molar refractivity (Wildman–Crippen MR) is 80.2 cm³/mol. The Morgan fingerprint density at radius 2 is 2.05 bits per heavy atom. The number of carboxylic acid groups (broad SMARTS) is 1. The van der Waals surface area contributed by atoms with E-state index in [2.05, 4.69) is 0 Å². The third-order valence-corrected chi connectivity index (χ3v) is 3.99. The SMILES string of the molecule is CC(C)CN(CC(=O)O)C(=O)c1cc2cc(F)ccc2s1. The van der Waals surface area contributed by atoms with E-state index < -0.39 is 5.97 Å². The lowest BCUT2D eigenvalue weighted by Crippen LogP contribution is -2.37. The molecule has 2 rings (SSSR count). The molecule has 0 saturated carbocycles. The van der Waals surface area contributed by atoms with Crippen LogP contribution in [0.4, 0.5) is 4.39 Å². The van der Waals surface area contributed by atoms with Crippen LogP contribution in [0.5, 0.6) is 0 Å². The van der Waals surface area contributed by atoms with Gasteiger partial charge in [0.15, 0.2) is 0 Å². The number of aliphatic carboxylic acids is 1. The first-order valence-corrected chi connectivity index (χ1v) is 7.38. The maximum Gasteiger partial charge on any atom is 0.323 e. The normalized spacial score (nSPS) is 11.0. The molecule has 1 amide bonds. The van der Waals surface area contributed by atoms with Crippen molar-refractivity contribution in [1.82, 2.24) is 4.90 Å². The maximum absolute atomic E-state index is 13.2. The first kappa shape index (κ1) is 15.4. The maximum atomic E-state index is 13.2. The molecule has 0 aliphatic rings. The molecule has 4 nitrogen and oxygen atoms in total. The number of benzene rings is 1. The zero-order chi connectivity index (χ0) is 15.6. The third-order valence-electron chi connectivity index (χ3n) is 2.89. The average molecular weight is 309 g/mol. The molecule has 0 fully saturated rings. The van der Waals surface area contributed by atoms with E-state index in [1.165, 1.54) is 28.4 Å². The molecule has 1 heterocycles. The number of carbonyl (C=O) groups is 2. The summed E-state index contributed by atoms with van der Waals surface area (Å²) in [5.74, 6) is -1.56.